The number of nitro benzene ring substituents is 1. The van der Waals surface area contributed by atoms with Crippen LogP contribution in [0.2, 0.25) is 0 Å². The van der Waals surface area contributed by atoms with Gasteiger partial charge in [-0.2, -0.15) is 0 Å². The van der Waals surface area contributed by atoms with Crippen molar-refractivity contribution in [3.63, 3.8) is 0 Å². The Morgan fingerprint density at radius 1 is 1.15 bits per heavy atom. The summed E-state index contributed by atoms with van der Waals surface area (Å²) in [6.07, 6.45) is 2.28. The van der Waals surface area contributed by atoms with E-state index in [1.807, 2.05) is 0 Å². The number of nitrogens with zero attached hydrogens (tertiary/aromatic N) is 3. The van der Waals surface area contributed by atoms with Crippen LogP contribution in [0.25, 0.3) is 10.9 Å². The van der Waals surface area contributed by atoms with Gasteiger partial charge in [-0.25, -0.2) is 14.0 Å². The molecule has 3 aromatic rings. The van der Waals surface area contributed by atoms with Gasteiger partial charge in [0.1, 0.15) is 17.1 Å². The van der Waals surface area contributed by atoms with Crippen LogP contribution < -0.4 is 10.3 Å². The highest BCUT2D eigenvalue weighted by atomic mass is 19.1. The average Bonchev–Trinajstić information content (AvgIpc) is 3.63. The van der Waals surface area contributed by atoms with Gasteiger partial charge in [0, 0.05) is 25.2 Å². The number of halogens is 1. The Morgan fingerprint density at radius 3 is 2.41 bits per heavy atom. The van der Waals surface area contributed by atoms with E-state index in [-0.39, 0.29) is 24.5 Å². The van der Waals surface area contributed by atoms with Crippen LogP contribution in [-0.4, -0.2) is 37.7 Å². The summed E-state index contributed by atoms with van der Waals surface area (Å²) in [6, 6.07) is 6.21. The molecular formula is C23H18FN3O7. The smallest absolute Gasteiger partial charge is 0.341 e. The van der Waals surface area contributed by atoms with Gasteiger partial charge in [0.05, 0.1) is 10.3 Å². The van der Waals surface area contributed by atoms with Crippen LogP contribution in [0, 0.1) is 15.9 Å². The number of nitro groups is 1. The molecule has 2 heterocycles. The molecule has 0 amide bonds. The highest BCUT2D eigenvalue weighted by Gasteiger charge is 2.40. The quantitative estimate of drug-likeness (QED) is 0.430. The molecule has 2 aromatic carbocycles. The van der Waals surface area contributed by atoms with Crippen molar-refractivity contribution in [3.05, 3.63) is 79.4 Å². The van der Waals surface area contributed by atoms with E-state index in [4.69, 9.17) is 0 Å². The van der Waals surface area contributed by atoms with Crippen molar-refractivity contribution in [2.75, 3.05) is 4.90 Å². The van der Waals surface area contributed by atoms with E-state index in [0.29, 0.717) is 18.4 Å². The summed E-state index contributed by atoms with van der Waals surface area (Å²) in [5, 5.41) is 31.2. The minimum Gasteiger partial charge on any atom is -0.480 e. The van der Waals surface area contributed by atoms with Crippen molar-refractivity contribution in [1.82, 2.24) is 4.57 Å². The van der Waals surface area contributed by atoms with Gasteiger partial charge < -0.3 is 19.7 Å². The Hall–Kier alpha value is -4.28. The first-order valence-electron chi connectivity index (χ1n) is 10.5. The van der Waals surface area contributed by atoms with E-state index in [9.17, 15) is 34.7 Å². The zero-order chi connectivity index (χ0) is 24.3. The third-order valence-corrected chi connectivity index (χ3v) is 6.39. The fourth-order valence-corrected chi connectivity index (χ4v) is 4.68. The summed E-state index contributed by atoms with van der Waals surface area (Å²) in [5.74, 6) is -3.96. The second kappa shape index (κ2) is 7.65. The molecule has 34 heavy (non-hydrogen) atoms. The molecule has 0 saturated heterocycles. The Balaban J connectivity index is 1.85. The van der Waals surface area contributed by atoms with Crippen molar-refractivity contribution in [1.29, 1.82) is 0 Å². The molecule has 2 N–H and O–H groups in total. The molecule has 1 atom stereocenters. The van der Waals surface area contributed by atoms with Gasteiger partial charge >= 0.3 is 17.6 Å². The van der Waals surface area contributed by atoms with Crippen LogP contribution in [0.15, 0.2) is 41.3 Å². The first-order chi connectivity index (χ1) is 16.2. The van der Waals surface area contributed by atoms with E-state index < -0.39 is 56.5 Å². The number of pyridine rings is 1. The summed E-state index contributed by atoms with van der Waals surface area (Å²) in [7, 11) is 0. The molecule has 0 bridgehead atoms. The number of hydrogen-bond donors (Lipinski definition) is 2. The number of carbonyl (C=O) groups is 2. The number of hydrogen-bond acceptors (Lipinski definition) is 6. The number of benzene rings is 2. The van der Waals surface area contributed by atoms with Crippen LogP contribution in [0.4, 0.5) is 15.8 Å². The summed E-state index contributed by atoms with van der Waals surface area (Å²) in [4.78, 5) is 49.2. The number of anilines is 1. The Bertz CT molecular complexity index is 1460. The van der Waals surface area contributed by atoms with Crippen LogP contribution in [0.1, 0.15) is 40.4 Å². The van der Waals surface area contributed by atoms with E-state index in [2.05, 4.69) is 0 Å². The monoisotopic (exact) mass is 467 g/mol. The Morgan fingerprint density at radius 2 is 1.82 bits per heavy atom. The van der Waals surface area contributed by atoms with Gasteiger partial charge in [-0.3, -0.25) is 14.9 Å². The lowest BCUT2D eigenvalue weighted by Crippen LogP contribution is -2.46. The maximum atomic E-state index is 15.6. The lowest BCUT2D eigenvalue weighted by Gasteiger charge is -2.36. The lowest BCUT2D eigenvalue weighted by molar-refractivity contribution is -0.382. The van der Waals surface area contributed by atoms with Crippen LogP contribution >= 0.6 is 0 Å². The molecular weight excluding hydrogens is 449 g/mol. The van der Waals surface area contributed by atoms with Gasteiger partial charge in [-0.1, -0.05) is 24.3 Å². The molecule has 174 valence electrons. The Labute approximate surface area is 190 Å². The molecule has 0 spiro atoms. The number of carboxylic acid groups (broad SMARTS) is 2. The second-order valence-electron chi connectivity index (χ2n) is 8.48. The molecule has 1 aromatic heterocycles. The van der Waals surface area contributed by atoms with Crippen molar-refractivity contribution < 1.29 is 29.1 Å². The summed E-state index contributed by atoms with van der Waals surface area (Å²) in [5.41, 5.74) is -1.69. The predicted molar refractivity (Wildman–Crippen MR) is 118 cm³/mol. The zero-order valence-electron chi connectivity index (χ0n) is 17.6. The van der Waals surface area contributed by atoms with E-state index in [1.54, 1.807) is 24.3 Å². The first kappa shape index (κ1) is 21.6. The molecule has 1 aliphatic carbocycles. The van der Waals surface area contributed by atoms with Gasteiger partial charge in [0.15, 0.2) is 11.5 Å². The molecule has 1 saturated carbocycles. The number of aliphatic carboxylic acids is 1. The third kappa shape index (κ3) is 3.28. The van der Waals surface area contributed by atoms with Crippen LogP contribution in [0.5, 0.6) is 0 Å². The number of aromatic nitrogens is 1. The summed E-state index contributed by atoms with van der Waals surface area (Å²) >= 11 is 0. The van der Waals surface area contributed by atoms with Crippen LogP contribution in [0.3, 0.4) is 0 Å². The summed E-state index contributed by atoms with van der Waals surface area (Å²) < 4.78 is 16.9. The highest BCUT2D eigenvalue weighted by Crippen LogP contribution is 2.45. The number of rotatable bonds is 5. The number of aromatic carboxylic acids is 1. The van der Waals surface area contributed by atoms with Crippen molar-refractivity contribution >= 4 is 34.2 Å². The normalized spacial score (nSPS) is 17.4. The first-order valence-corrected chi connectivity index (χ1v) is 10.5. The molecule has 0 unspecified atom stereocenters. The lowest BCUT2D eigenvalue weighted by atomic mass is 9.93. The third-order valence-electron chi connectivity index (χ3n) is 6.39. The number of carboxylic acids is 2. The fraction of sp³-hybridized carbons (Fsp3) is 0.261. The number of fused-ring (bicyclic) bond motifs is 2. The predicted octanol–water partition coefficient (Wildman–Crippen LogP) is 3.10. The minimum atomic E-state index is -1.52. The zero-order valence-corrected chi connectivity index (χ0v) is 17.6. The van der Waals surface area contributed by atoms with Crippen LogP contribution in [-0.2, 0) is 17.8 Å². The van der Waals surface area contributed by atoms with Crippen molar-refractivity contribution in [3.8, 4) is 0 Å². The molecule has 5 rings (SSSR count). The SMILES string of the molecule is O=C(O)c1cn(C2CC2)c2c([N+](=O)[O-])c(N3Cc4ccccc4C[C@H]3C(=O)O)c(F)cc2c1=O. The maximum absolute atomic E-state index is 15.6. The van der Waals surface area contributed by atoms with Gasteiger partial charge in [0.2, 0.25) is 5.43 Å². The molecule has 2 aliphatic rings. The maximum Gasteiger partial charge on any atom is 0.341 e. The summed E-state index contributed by atoms with van der Waals surface area (Å²) in [6.45, 7) is -0.0860. The Kier molecular flexibility index (Phi) is 4.85. The van der Waals surface area contributed by atoms with Crippen molar-refractivity contribution in [2.24, 2.45) is 0 Å². The van der Waals surface area contributed by atoms with Gasteiger partial charge in [0.25, 0.3) is 0 Å². The van der Waals surface area contributed by atoms with E-state index >= 15 is 4.39 Å². The van der Waals surface area contributed by atoms with E-state index in [0.717, 1.165) is 22.7 Å². The van der Waals surface area contributed by atoms with Gasteiger partial charge in [-0.05, 0) is 30.0 Å². The highest BCUT2D eigenvalue weighted by molar-refractivity contribution is 5.99. The molecule has 0 radical (unpaired) electrons. The average molecular weight is 467 g/mol. The topological polar surface area (TPSA) is 143 Å². The molecule has 11 heteroatoms. The second-order valence-corrected chi connectivity index (χ2v) is 8.48. The standard InChI is InChI=1S/C23H18FN3O7/c24-16-8-14-18(25(13-5-6-13)10-15(21(14)28)22(29)30)20(27(33)34)19(16)26-9-12-4-2-1-3-11(12)7-17(26)23(31)32/h1-4,8,10,13,17H,5-7,9H2,(H,29,30)(H,31,32)/t17-/m0/s1. The molecule has 1 fully saturated rings. The van der Waals surface area contributed by atoms with Gasteiger partial charge in [-0.15, -0.1) is 0 Å². The fourth-order valence-electron chi connectivity index (χ4n) is 4.68. The molecule has 10 nitrogen and oxygen atoms in total. The van der Waals surface area contributed by atoms with Crippen molar-refractivity contribution in [2.45, 2.75) is 37.9 Å². The molecule has 1 aliphatic heterocycles. The largest absolute Gasteiger partial charge is 0.480 e. The van der Waals surface area contributed by atoms with E-state index in [1.165, 1.54) is 4.57 Å². The minimum absolute atomic E-state index is 0.00746.